The molecule has 2 amide bonds. The molecule has 4 unspecified atom stereocenters. The van der Waals surface area contributed by atoms with Crippen LogP contribution in [0.2, 0.25) is 0 Å². The fourth-order valence-electron chi connectivity index (χ4n) is 3.99. The van der Waals surface area contributed by atoms with Gasteiger partial charge in [-0.1, -0.05) is 30.3 Å². The maximum atomic E-state index is 12.4. The standard InChI is InChI=1S/C19H25N3O3/c23-18(8-15-12-25-7-6-20-15)21-14-9-19(24)22(11-14)17-10-16(17)13-4-2-1-3-5-13/h1-5,14-17,20H,6-12H2,(H,21,23). The summed E-state index contributed by atoms with van der Waals surface area (Å²) in [6.07, 6.45) is 1.85. The molecule has 6 heteroatoms. The van der Waals surface area contributed by atoms with Crippen molar-refractivity contribution in [2.24, 2.45) is 0 Å². The first kappa shape index (κ1) is 16.5. The second-order valence-electron chi connectivity index (χ2n) is 7.26. The number of carbonyl (C=O) groups is 2. The van der Waals surface area contributed by atoms with Crippen LogP contribution in [0, 0.1) is 0 Å². The van der Waals surface area contributed by atoms with Crippen molar-refractivity contribution in [3.63, 3.8) is 0 Å². The van der Waals surface area contributed by atoms with Gasteiger partial charge in [-0.25, -0.2) is 0 Å². The topological polar surface area (TPSA) is 70.7 Å². The van der Waals surface area contributed by atoms with Crippen molar-refractivity contribution in [3.05, 3.63) is 35.9 Å². The molecule has 1 aromatic carbocycles. The van der Waals surface area contributed by atoms with Crippen LogP contribution < -0.4 is 10.6 Å². The van der Waals surface area contributed by atoms with Gasteiger partial charge in [-0.05, 0) is 12.0 Å². The van der Waals surface area contributed by atoms with E-state index in [1.807, 2.05) is 23.1 Å². The van der Waals surface area contributed by atoms with Crippen LogP contribution in [0.1, 0.15) is 30.7 Å². The molecule has 4 rings (SSSR count). The van der Waals surface area contributed by atoms with Gasteiger partial charge in [-0.15, -0.1) is 0 Å². The minimum atomic E-state index is -0.0680. The number of carbonyl (C=O) groups excluding carboxylic acids is 2. The predicted octanol–water partition coefficient (Wildman–Crippen LogP) is 0.638. The Morgan fingerprint density at radius 2 is 2.16 bits per heavy atom. The molecule has 134 valence electrons. The third kappa shape index (κ3) is 3.85. The van der Waals surface area contributed by atoms with Gasteiger partial charge in [0.2, 0.25) is 11.8 Å². The fourth-order valence-corrected chi connectivity index (χ4v) is 3.99. The number of morpholine rings is 1. The van der Waals surface area contributed by atoms with Crippen LogP contribution in [-0.2, 0) is 14.3 Å². The highest BCUT2D eigenvalue weighted by Crippen LogP contribution is 2.45. The maximum Gasteiger partial charge on any atom is 0.225 e. The van der Waals surface area contributed by atoms with E-state index in [4.69, 9.17) is 4.74 Å². The van der Waals surface area contributed by atoms with E-state index in [1.165, 1.54) is 5.56 Å². The molecule has 2 saturated heterocycles. The summed E-state index contributed by atoms with van der Waals surface area (Å²) >= 11 is 0. The molecule has 6 nitrogen and oxygen atoms in total. The van der Waals surface area contributed by atoms with Crippen molar-refractivity contribution in [3.8, 4) is 0 Å². The molecule has 2 heterocycles. The number of ether oxygens (including phenoxy) is 1. The molecular weight excluding hydrogens is 318 g/mol. The van der Waals surface area contributed by atoms with Crippen molar-refractivity contribution >= 4 is 11.8 Å². The van der Waals surface area contributed by atoms with Gasteiger partial charge in [-0.2, -0.15) is 0 Å². The molecule has 3 fully saturated rings. The van der Waals surface area contributed by atoms with Crippen molar-refractivity contribution in [1.82, 2.24) is 15.5 Å². The predicted molar refractivity (Wildman–Crippen MR) is 93.1 cm³/mol. The van der Waals surface area contributed by atoms with Crippen LogP contribution in [0.5, 0.6) is 0 Å². The highest BCUT2D eigenvalue weighted by molar-refractivity contribution is 5.83. The zero-order valence-corrected chi connectivity index (χ0v) is 14.3. The van der Waals surface area contributed by atoms with Crippen molar-refractivity contribution in [1.29, 1.82) is 0 Å². The number of hydrogen-bond donors (Lipinski definition) is 2. The molecule has 3 aliphatic rings. The molecule has 4 atom stereocenters. The largest absolute Gasteiger partial charge is 0.378 e. The Morgan fingerprint density at radius 3 is 2.92 bits per heavy atom. The third-order valence-corrected chi connectivity index (χ3v) is 5.34. The van der Waals surface area contributed by atoms with Gasteiger partial charge in [0.05, 0.1) is 19.3 Å². The third-order valence-electron chi connectivity index (χ3n) is 5.34. The number of nitrogens with zero attached hydrogens (tertiary/aromatic N) is 1. The molecule has 2 aliphatic heterocycles. The average Bonchev–Trinajstić information content (AvgIpc) is 3.33. The van der Waals surface area contributed by atoms with E-state index in [0.29, 0.717) is 44.6 Å². The number of likely N-dealkylation sites (tertiary alicyclic amines) is 1. The van der Waals surface area contributed by atoms with Crippen LogP contribution in [0.15, 0.2) is 30.3 Å². The summed E-state index contributed by atoms with van der Waals surface area (Å²) in [4.78, 5) is 26.5. The zero-order chi connectivity index (χ0) is 17.2. The van der Waals surface area contributed by atoms with Gasteiger partial charge in [0.25, 0.3) is 0 Å². The van der Waals surface area contributed by atoms with E-state index in [-0.39, 0.29) is 23.9 Å². The summed E-state index contributed by atoms with van der Waals surface area (Å²) in [5.74, 6) is 0.606. The lowest BCUT2D eigenvalue weighted by Crippen LogP contribution is -2.46. The summed E-state index contributed by atoms with van der Waals surface area (Å²) < 4.78 is 5.38. The minimum Gasteiger partial charge on any atom is -0.378 e. The highest BCUT2D eigenvalue weighted by atomic mass is 16.5. The summed E-state index contributed by atoms with van der Waals surface area (Å²) in [5, 5.41) is 6.31. The van der Waals surface area contributed by atoms with Gasteiger partial charge in [0.1, 0.15) is 0 Å². The van der Waals surface area contributed by atoms with Gasteiger partial charge < -0.3 is 20.3 Å². The van der Waals surface area contributed by atoms with Crippen LogP contribution in [0.25, 0.3) is 0 Å². The molecule has 1 saturated carbocycles. The number of rotatable bonds is 5. The van der Waals surface area contributed by atoms with Crippen LogP contribution in [-0.4, -0.2) is 61.1 Å². The molecule has 0 spiro atoms. The van der Waals surface area contributed by atoms with E-state index >= 15 is 0 Å². The Morgan fingerprint density at radius 1 is 1.32 bits per heavy atom. The van der Waals surface area contributed by atoms with Gasteiger partial charge >= 0.3 is 0 Å². The molecule has 2 N–H and O–H groups in total. The van der Waals surface area contributed by atoms with Crippen molar-refractivity contribution in [2.75, 3.05) is 26.3 Å². The molecule has 1 aliphatic carbocycles. The Kier molecular flexibility index (Phi) is 4.72. The molecular formula is C19H25N3O3. The Bertz CT molecular complexity index is 630. The van der Waals surface area contributed by atoms with Gasteiger partial charge in [0, 0.05) is 43.9 Å². The van der Waals surface area contributed by atoms with E-state index in [0.717, 1.165) is 13.0 Å². The molecule has 0 radical (unpaired) electrons. The van der Waals surface area contributed by atoms with Crippen molar-refractivity contribution < 1.29 is 14.3 Å². The summed E-state index contributed by atoms with van der Waals surface area (Å²) in [7, 11) is 0. The quantitative estimate of drug-likeness (QED) is 0.823. The molecule has 1 aromatic rings. The van der Waals surface area contributed by atoms with Crippen LogP contribution >= 0.6 is 0 Å². The van der Waals surface area contributed by atoms with Gasteiger partial charge in [-0.3, -0.25) is 9.59 Å². The molecule has 25 heavy (non-hydrogen) atoms. The average molecular weight is 343 g/mol. The van der Waals surface area contributed by atoms with Crippen LogP contribution in [0.4, 0.5) is 0 Å². The first-order valence-corrected chi connectivity index (χ1v) is 9.15. The minimum absolute atomic E-state index is 0.00180. The molecule has 0 aromatic heterocycles. The second kappa shape index (κ2) is 7.14. The number of hydrogen-bond acceptors (Lipinski definition) is 4. The maximum absolute atomic E-state index is 12.4. The van der Waals surface area contributed by atoms with E-state index in [1.54, 1.807) is 0 Å². The highest BCUT2D eigenvalue weighted by Gasteiger charge is 2.47. The monoisotopic (exact) mass is 343 g/mol. The Labute approximate surface area is 147 Å². The molecule has 0 bridgehead atoms. The zero-order valence-electron chi connectivity index (χ0n) is 14.3. The number of benzene rings is 1. The lowest BCUT2D eigenvalue weighted by atomic mass is 10.1. The van der Waals surface area contributed by atoms with Gasteiger partial charge in [0.15, 0.2) is 0 Å². The first-order valence-electron chi connectivity index (χ1n) is 9.15. The Balaban J connectivity index is 1.27. The van der Waals surface area contributed by atoms with E-state index in [2.05, 4.69) is 22.8 Å². The second-order valence-corrected chi connectivity index (χ2v) is 7.26. The van der Waals surface area contributed by atoms with Crippen molar-refractivity contribution in [2.45, 2.75) is 43.3 Å². The van der Waals surface area contributed by atoms with Crippen LogP contribution in [0.3, 0.4) is 0 Å². The summed E-state index contributed by atoms with van der Waals surface area (Å²) in [5.41, 5.74) is 1.30. The number of amides is 2. The SMILES string of the molecule is O=C(CC1COCCN1)NC1CC(=O)N(C2CC2c2ccccc2)C1. The number of nitrogens with one attached hydrogen (secondary N) is 2. The summed E-state index contributed by atoms with van der Waals surface area (Å²) in [6, 6.07) is 10.7. The normalized spacial score (nSPS) is 31.8. The lowest BCUT2D eigenvalue weighted by molar-refractivity contribution is -0.128. The first-order chi connectivity index (χ1) is 12.2. The smallest absolute Gasteiger partial charge is 0.225 e. The fraction of sp³-hybridized carbons (Fsp3) is 0.579. The summed E-state index contributed by atoms with van der Waals surface area (Å²) in [6.45, 7) is 2.70. The van der Waals surface area contributed by atoms with E-state index in [9.17, 15) is 9.59 Å². The Hall–Kier alpha value is -1.92. The van der Waals surface area contributed by atoms with E-state index < -0.39 is 0 Å². The lowest BCUT2D eigenvalue weighted by Gasteiger charge is -2.24.